The molecule has 1 saturated carbocycles. The molecule has 1 atom stereocenters. The Labute approximate surface area is 149 Å². The van der Waals surface area contributed by atoms with Gasteiger partial charge in [-0.2, -0.15) is 4.58 Å². The van der Waals surface area contributed by atoms with Crippen molar-refractivity contribution in [1.82, 2.24) is 0 Å². The molecule has 0 radical (unpaired) electrons. The second-order valence-corrected chi connectivity index (χ2v) is 8.96. The molecule has 1 aliphatic carbocycles. The molecule has 0 N–H and O–H groups in total. The number of nitrogens with zero attached hydrogens (tertiary/aromatic N) is 1. The van der Waals surface area contributed by atoms with Gasteiger partial charge < -0.3 is 0 Å². The van der Waals surface area contributed by atoms with Gasteiger partial charge in [0.2, 0.25) is 5.69 Å². The number of hydrogen-bond acceptors (Lipinski definition) is 0. The third-order valence-electron chi connectivity index (χ3n) is 6.63. The van der Waals surface area contributed by atoms with Crippen LogP contribution in [0.2, 0.25) is 0 Å². The summed E-state index contributed by atoms with van der Waals surface area (Å²) < 4.78 is 2.67. The van der Waals surface area contributed by atoms with Crippen molar-refractivity contribution in [3.05, 3.63) is 29.3 Å². The first kappa shape index (κ1) is 17.7. The monoisotopic (exact) mass is 326 g/mol. The Kier molecular flexibility index (Phi) is 4.91. The highest BCUT2D eigenvalue weighted by Crippen LogP contribution is 2.49. The van der Waals surface area contributed by atoms with Gasteiger partial charge in [0.25, 0.3) is 0 Å². The minimum Gasteiger partial charge on any atom is -0.197 e. The average Bonchev–Trinajstić information content (AvgIpc) is 2.84. The molecule has 1 unspecified atom stereocenters. The number of aryl methyl sites for hydroxylation is 2. The smallest absolute Gasteiger partial charge is 0.197 e. The molecule has 1 fully saturated rings. The number of benzene rings is 1. The Morgan fingerprint density at radius 2 is 1.54 bits per heavy atom. The van der Waals surface area contributed by atoms with E-state index in [1.807, 2.05) is 0 Å². The summed E-state index contributed by atoms with van der Waals surface area (Å²) >= 11 is 0. The quantitative estimate of drug-likeness (QED) is 0.572. The summed E-state index contributed by atoms with van der Waals surface area (Å²) in [5.74, 6) is 0.870. The number of para-hydroxylation sites is 1. The van der Waals surface area contributed by atoms with Gasteiger partial charge in [-0.3, -0.25) is 0 Å². The van der Waals surface area contributed by atoms with Gasteiger partial charge in [0.05, 0.1) is 5.41 Å². The van der Waals surface area contributed by atoms with Crippen LogP contribution >= 0.6 is 0 Å². The van der Waals surface area contributed by atoms with Crippen LogP contribution in [-0.4, -0.2) is 16.3 Å². The van der Waals surface area contributed by atoms with Crippen molar-refractivity contribution in [1.29, 1.82) is 0 Å². The van der Waals surface area contributed by atoms with Crippen LogP contribution in [-0.2, 0) is 12.8 Å². The third kappa shape index (κ3) is 3.07. The first-order valence-electron chi connectivity index (χ1n) is 10.2. The molecule has 1 aliphatic heterocycles. The van der Waals surface area contributed by atoms with Crippen LogP contribution in [0.1, 0.15) is 84.3 Å². The summed E-state index contributed by atoms with van der Waals surface area (Å²) in [6.07, 6.45) is 13.3. The maximum atomic E-state index is 2.67. The molecule has 1 heteroatoms. The van der Waals surface area contributed by atoms with Crippen molar-refractivity contribution < 1.29 is 4.58 Å². The summed E-state index contributed by atoms with van der Waals surface area (Å²) in [5.41, 5.74) is 5.09. The zero-order valence-electron chi connectivity index (χ0n) is 16.5. The zero-order valence-corrected chi connectivity index (χ0v) is 16.5. The Morgan fingerprint density at radius 3 is 2.08 bits per heavy atom. The van der Waals surface area contributed by atoms with Crippen molar-refractivity contribution in [3.8, 4) is 0 Å². The van der Waals surface area contributed by atoms with Crippen LogP contribution in [0.4, 0.5) is 5.69 Å². The molecule has 1 aromatic carbocycles. The fourth-order valence-electron chi connectivity index (χ4n) is 5.44. The van der Waals surface area contributed by atoms with E-state index < -0.39 is 0 Å². The lowest BCUT2D eigenvalue weighted by Gasteiger charge is -2.33. The topological polar surface area (TPSA) is 3.01 Å². The molecule has 0 saturated heterocycles. The van der Waals surface area contributed by atoms with Crippen molar-refractivity contribution in [3.63, 3.8) is 0 Å². The predicted octanol–water partition coefficient (Wildman–Crippen LogP) is 6.30. The fraction of sp³-hybridized carbons (Fsp3) is 0.696. The highest BCUT2D eigenvalue weighted by Gasteiger charge is 2.52. The summed E-state index contributed by atoms with van der Waals surface area (Å²) in [5, 5.41) is 0. The minimum atomic E-state index is 0.210. The van der Waals surface area contributed by atoms with Crippen LogP contribution in [0.15, 0.2) is 18.2 Å². The summed E-state index contributed by atoms with van der Waals surface area (Å²) in [6.45, 7) is 12.0. The Hall–Kier alpha value is -1.11. The van der Waals surface area contributed by atoms with E-state index >= 15 is 0 Å². The van der Waals surface area contributed by atoms with Crippen molar-refractivity contribution >= 4 is 11.9 Å². The van der Waals surface area contributed by atoms with Crippen LogP contribution < -0.4 is 0 Å². The molecule has 1 nitrogen and oxygen atoms in total. The molecular weight excluding hydrogens is 290 g/mol. The van der Waals surface area contributed by atoms with E-state index in [0.29, 0.717) is 5.41 Å². The van der Waals surface area contributed by atoms with Crippen molar-refractivity contribution in [2.24, 2.45) is 11.3 Å². The van der Waals surface area contributed by atoms with Crippen molar-refractivity contribution in [2.45, 2.75) is 91.5 Å². The largest absolute Gasteiger partial charge is 0.211 e. The molecule has 2 aliphatic rings. The lowest BCUT2D eigenvalue weighted by molar-refractivity contribution is -0.512. The van der Waals surface area contributed by atoms with Gasteiger partial charge >= 0.3 is 0 Å². The highest BCUT2D eigenvalue weighted by atomic mass is 15.1. The van der Waals surface area contributed by atoms with E-state index in [1.165, 1.54) is 55.3 Å². The molecular formula is C23H36N+. The van der Waals surface area contributed by atoms with Gasteiger partial charge in [-0.15, -0.1) is 0 Å². The maximum absolute atomic E-state index is 2.67. The first-order valence-corrected chi connectivity index (χ1v) is 10.2. The van der Waals surface area contributed by atoms with E-state index in [-0.39, 0.29) is 5.54 Å². The standard InChI is InChI=1S/C23H36N/c1-6-18-12-11-13-19(7-2)21(18)24-17-23(5,16-22(24,3)4)20-14-9-8-10-15-20/h11-13,17,20H,6-10,14-16H2,1-5H3/q+1. The van der Waals surface area contributed by atoms with Crippen LogP contribution in [0.25, 0.3) is 0 Å². The first-order chi connectivity index (χ1) is 11.4. The van der Waals surface area contributed by atoms with Gasteiger partial charge in [-0.1, -0.05) is 51.3 Å². The molecule has 1 aromatic rings. The Morgan fingerprint density at radius 1 is 0.958 bits per heavy atom. The lowest BCUT2D eigenvalue weighted by Crippen LogP contribution is -2.33. The molecule has 1 heterocycles. The second kappa shape index (κ2) is 6.65. The molecule has 0 aromatic heterocycles. The summed E-state index contributed by atoms with van der Waals surface area (Å²) in [4.78, 5) is 0. The van der Waals surface area contributed by atoms with E-state index in [1.54, 1.807) is 0 Å². The lowest BCUT2D eigenvalue weighted by atomic mass is 9.67. The second-order valence-electron chi connectivity index (χ2n) is 8.96. The summed E-state index contributed by atoms with van der Waals surface area (Å²) in [6, 6.07) is 6.90. The van der Waals surface area contributed by atoms with Crippen LogP contribution in [0.3, 0.4) is 0 Å². The molecule has 0 spiro atoms. The molecule has 132 valence electrons. The maximum Gasteiger partial charge on any atom is 0.211 e. The van der Waals surface area contributed by atoms with E-state index in [9.17, 15) is 0 Å². The van der Waals surface area contributed by atoms with Gasteiger partial charge in [0.15, 0.2) is 11.8 Å². The minimum absolute atomic E-state index is 0.210. The SMILES string of the molecule is CCc1cccc(CC)c1[N+]1=CC(C)(C2CCCCC2)CC1(C)C. The van der Waals surface area contributed by atoms with Gasteiger partial charge in [-0.05, 0) is 38.5 Å². The Balaban J connectivity index is 2.07. The molecule has 3 rings (SSSR count). The molecule has 0 bridgehead atoms. The van der Waals surface area contributed by atoms with E-state index in [2.05, 4.69) is 63.6 Å². The van der Waals surface area contributed by atoms with Crippen LogP contribution in [0, 0.1) is 11.3 Å². The number of hydrogen-bond donors (Lipinski definition) is 0. The van der Waals surface area contributed by atoms with Crippen LogP contribution in [0.5, 0.6) is 0 Å². The average molecular weight is 327 g/mol. The van der Waals surface area contributed by atoms with Gasteiger partial charge in [0.1, 0.15) is 0 Å². The van der Waals surface area contributed by atoms with Gasteiger partial charge in [-0.25, -0.2) is 0 Å². The fourth-order valence-corrected chi connectivity index (χ4v) is 5.44. The van der Waals surface area contributed by atoms with E-state index in [4.69, 9.17) is 0 Å². The predicted molar refractivity (Wildman–Crippen MR) is 105 cm³/mol. The molecule has 0 amide bonds. The van der Waals surface area contributed by atoms with E-state index in [0.717, 1.165) is 18.8 Å². The number of rotatable bonds is 4. The molecule has 24 heavy (non-hydrogen) atoms. The Bertz CT molecular complexity index is 597. The third-order valence-corrected chi connectivity index (χ3v) is 6.63. The zero-order chi connectivity index (χ0) is 17.4. The summed E-state index contributed by atoms with van der Waals surface area (Å²) in [7, 11) is 0. The highest BCUT2D eigenvalue weighted by molar-refractivity contribution is 5.66. The van der Waals surface area contributed by atoms with Gasteiger partial charge in [0, 0.05) is 31.4 Å². The van der Waals surface area contributed by atoms with Crippen molar-refractivity contribution in [2.75, 3.05) is 0 Å². The normalized spacial score (nSPS) is 27.3.